The first kappa shape index (κ1) is 39.8. The van der Waals surface area contributed by atoms with Crippen LogP contribution in [0.3, 0.4) is 0 Å². The number of ether oxygens (including phenoxy) is 4. The highest BCUT2D eigenvalue weighted by Crippen LogP contribution is 2.47. The summed E-state index contributed by atoms with van der Waals surface area (Å²) in [6.07, 6.45) is 0. The molecule has 14 heteroatoms. The Morgan fingerprint density at radius 3 is 1.03 bits per heavy atom. The van der Waals surface area contributed by atoms with Crippen LogP contribution in [-0.2, 0) is 19.1 Å². The zero-order valence-corrected chi connectivity index (χ0v) is 34.0. The van der Waals surface area contributed by atoms with Crippen molar-refractivity contribution in [1.29, 1.82) is 0 Å². The molecule has 0 unspecified atom stereocenters. The molecular weight excluding hydrogens is 869 g/mol. The number of rotatable bonds is 8. The molecule has 6 aromatic rings. The van der Waals surface area contributed by atoms with Gasteiger partial charge in [0, 0.05) is 11.8 Å². The van der Waals surface area contributed by atoms with E-state index in [9.17, 15) is 19.2 Å². The van der Waals surface area contributed by atoms with Gasteiger partial charge >= 0.3 is 23.9 Å². The molecule has 6 aromatic carbocycles. The summed E-state index contributed by atoms with van der Waals surface area (Å²) in [5.74, 6) is -7.38. The Bertz CT molecular complexity index is 2440. The third-order valence-corrected chi connectivity index (χ3v) is 12.0. The van der Waals surface area contributed by atoms with Crippen LogP contribution in [0, 0.1) is 0 Å². The molecule has 0 radical (unpaired) electrons. The zero-order chi connectivity index (χ0) is 40.8. The second kappa shape index (κ2) is 16.3. The molecule has 8 rings (SSSR count). The number of carbonyl (C=O) groups is 4. The van der Waals surface area contributed by atoms with Gasteiger partial charge in [-0.2, -0.15) is 0 Å². The van der Waals surface area contributed by atoms with Crippen molar-refractivity contribution in [3.05, 3.63) is 173 Å². The second-order valence-electron chi connectivity index (χ2n) is 13.1. The van der Waals surface area contributed by atoms with Gasteiger partial charge in [0.1, 0.15) is 24.3 Å². The number of carbonyl (C=O) groups excluding carboxylic acids is 4. The molecule has 0 saturated carbocycles. The van der Waals surface area contributed by atoms with Crippen molar-refractivity contribution in [3.63, 3.8) is 0 Å². The highest BCUT2D eigenvalue weighted by Gasteiger charge is 2.35. The minimum atomic E-state index is -1.69. The fraction of sp³-hybridized carbons (Fsp3) is 0.0909. The van der Waals surface area contributed by atoms with E-state index < -0.39 is 46.5 Å². The van der Waals surface area contributed by atoms with Gasteiger partial charge in [0.05, 0.1) is 30.1 Å². The van der Waals surface area contributed by atoms with Crippen LogP contribution in [0.25, 0.3) is 22.3 Å². The Balaban J connectivity index is 1.02. The summed E-state index contributed by atoms with van der Waals surface area (Å²) < 4.78 is 22.1. The lowest BCUT2D eigenvalue weighted by molar-refractivity contribution is -0.156. The standard InChI is InChI=1S/C44H24Cl6O8/c45-31-17-33(47)39(35(37(31)49)41(51)55-19-29-25-13-5-1-9-21(25)22-10-2-6-14-26(22)29)57-43(53)44(54)58-40-34(48)18-32(46)38(50)36(40)42(52)56-20-30-27-15-7-3-11-23(27)24-12-4-8-16-28(24)30/h1-18,29-30H,19-20H2. The summed E-state index contributed by atoms with van der Waals surface area (Å²) in [5.41, 5.74) is 6.73. The summed E-state index contributed by atoms with van der Waals surface area (Å²) in [5, 5.41) is -1.74. The minimum absolute atomic E-state index is 0.128. The van der Waals surface area contributed by atoms with Gasteiger partial charge < -0.3 is 18.9 Å². The monoisotopic (exact) mass is 890 g/mol. The molecule has 0 aromatic heterocycles. The van der Waals surface area contributed by atoms with Gasteiger partial charge in [0.25, 0.3) is 0 Å². The first-order valence-corrected chi connectivity index (χ1v) is 19.7. The first-order chi connectivity index (χ1) is 27.9. The zero-order valence-electron chi connectivity index (χ0n) is 29.5. The van der Waals surface area contributed by atoms with Gasteiger partial charge in [0.2, 0.25) is 0 Å². The third-order valence-electron chi connectivity index (χ3n) is 9.90. The van der Waals surface area contributed by atoms with Crippen molar-refractivity contribution in [2.45, 2.75) is 11.8 Å². The molecule has 0 atom stereocenters. The fourth-order valence-corrected chi connectivity index (χ4v) is 8.77. The van der Waals surface area contributed by atoms with E-state index in [-0.39, 0.29) is 55.2 Å². The van der Waals surface area contributed by atoms with E-state index in [1.807, 2.05) is 97.1 Å². The Morgan fingerprint density at radius 1 is 0.431 bits per heavy atom. The maximum atomic E-state index is 13.7. The summed E-state index contributed by atoms with van der Waals surface area (Å²) >= 11 is 38.3. The number of benzene rings is 6. The van der Waals surface area contributed by atoms with Crippen LogP contribution in [-0.4, -0.2) is 37.1 Å². The maximum absolute atomic E-state index is 13.7. The van der Waals surface area contributed by atoms with Crippen LogP contribution in [0.2, 0.25) is 30.1 Å². The average molecular weight is 893 g/mol. The molecule has 2 aliphatic carbocycles. The van der Waals surface area contributed by atoms with E-state index in [0.717, 1.165) is 56.6 Å². The molecule has 0 bridgehead atoms. The third kappa shape index (κ3) is 7.19. The molecule has 2 aliphatic rings. The summed E-state index contributed by atoms with van der Waals surface area (Å²) in [4.78, 5) is 54.1. The lowest BCUT2D eigenvalue weighted by Gasteiger charge is -2.18. The minimum Gasteiger partial charge on any atom is -0.461 e. The molecule has 290 valence electrons. The molecule has 0 spiro atoms. The molecule has 58 heavy (non-hydrogen) atoms. The molecule has 0 fully saturated rings. The van der Waals surface area contributed by atoms with Gasteiger partial charge in [-0.1, -0.05) is 167 Å². The van der Waals surface area contributed by atoms with Crippen LogP contribution in [0.1, 0.15) is 54.8 Å². The van der Waals surface area contributed by atoms with Gasteiger partial charge in [-0.25, -0.2) is 19.2 Å². The maximum Gasteiger partial charge on any atom is 0.423 e. The molecule has 0 aliphatic heterocycles. The first-order valence-electron chi connectivity index (χ1n) is 17.4. The van der Waals surface area contributed by atoms with E-state index in [1.54, 1.807) is 0 Å². The van der Waals surface area contributed by atoms with Crippen LogP contribution in [0.4, 0.5) is 0 Å². The Hall–Kier alpha value is -5.06. The Labute approximate surface area is 361 Å². The summed E-state index contributed by atoms with van der Waals surface area (Å²) in [6.45, 7) is -0.256. The normalized spacial score (nSPS) is 12.6. The number of esters is 4. The topological polar surface area (TPSA) is 105 Å². The van der Waals surface area contributed by atoms with Gasteiger partial charge in [0.15, 0.2) is 11.5 Å². The van der Waals surface area contributed by atoms with Crippen LogP contribution in [0.15, 0.2) is 109 Å². The van der Waals surface area contributed by atoms with E-state index in [0.29, 0.717) is 0 Å². The smallest absolute Gasteiger partial charge is 0.423 e. The largest absolute Gasteiger partial charge is 0.461 e. The van der Waals surface area contributed by atoms with Crippen molar-refractivity contribution in [3.8, 4) is 33.8 Å². The Morgan fingerprint density at radius 2 is 0.724 bits per heavy atom. The predicted octanol–water partition coefficient (Wildman–Crippen LogP) is 12.1. The number of hydrogen-bond acceptors (Lipinski definition) is 8. The summed E-state index contributed by atoms with van der Waals surface area (Å²) in [6, 6.07) is 33.1. The molecule has 0 heterocycles. The van der Waals surface area contributed by atoms with Crippen LogP contribution in [0.5, 0.6) is 11.5 Å². The average Bonchev–Trinajstić information content (AvgIpc) is 3.72. The lowest BCUT2D eigenvalue weighted by Crippen LogP contribution is -2.27. The highest BCUT2D eigenvalue weighted by atomic mass is 35.5. The van der Waals surface area contributed by atoms with E-state index in [2.05, 4.69) is 0 Å². The van der Waals surface area contributed by atoms with Crippen molar-refractivity contribution in [2.24, 2.45) is 0 Å². The van der Waals surface area contributed by atoms with E-state index in [1.165, 1.54) is 0 Å². The van der Waals surface area contributed by atoms with Crippen molar-refractivity contribution in [2.75, 3.05) is 13.2 Å². The molecule has 0 amide bonds. The van der Waals surface area contributed by atoms with Crippen LogP contribution < -0.4 is 9.47 Å². The van der Waals surface area contributed by atoms with Crippen LogP contribution >= 0.6 is 69.6 Å². The fourth-order valence-electron chi connectivity index (χ4n) is 7.33. The number of hydrogen-bond donors (Lipinski definition) is 0. The number of halogens is 6. The molecule has 8 nitrogen and oxygen atoms in total. The predicted molar refractivity (Wildman–Crippen MR) is 222 cm³/mol. The second-order valence-corrected chi connectivity index (χ2v) is 15.5. The van der Waals surface area contributed by atoms with Crippen molar-refractivity contribution >= 4 is 93.5 Å². The molecule has 0 saturated heterocycles. The van der Waals surface area contributed by atoms with Crippen molar-refractivity contribution < 1.29 is 38.1 Å². The highest BCUT2D eigenvalue weighted by molar-refractivity contribution is 6.47. The van der Waals surface area contributed by atoms with Gasteiger partial charge in [-0.05, 0) is 56.6 Å². The SMILES string of the molecule is O=C(Oc1c(Cl)cc(Cl)c(Cl)c1C(=O)OCC1c2ccccc2-c2ccccc21)C(=O)Oc1c(Cl)cc(Cl)c(Cl)c1C(=O)OCC1c2ccccc2-c2ccccc21. The Kier molecular flexibility index (Phi) is 11.2. The molecular formula is C44H24Cl6O8. The lowest BCUT2D eigenvalue weighted by atomic mass is 9.98. The molecule has 0 N–H and O–H groups in total. The van der Waals surface area contributed by atoms with E-state index >= 15 is 0 Å². The van der Waals surface area contributed by atoms with E-state index in [4.69, 9.17) is 88.6 Å². The van der Waals surface area contributed by atoms with Gasteiger partial charge in [-0.15, -0.1) is 0 Å². The van der Waals surface area contributed by atoms with Gasteiger partial charge in [-0.3, -0.25) is 0 Å². The quantitative estimate of drug-likeness (QED) is 0.0644. The summed E-state index contributed by atoms with van der Waals surface area (Å²) in [7, 11) is 0. The van der Waals surface area contributed by atoms with Crippen molar-refractivity contribution in [1.82, 2.24) is 0 Å². The number of fused-ring (bicyclic) bond motifs is 6.